The lowest BCUT2D eigenvalue weighted by Gasteiger charge is -2.29. The number of halogens is 1. The minimum Gasteiger partial charge on any atom is -0.338 e. The SMILES string of the molecule is CN(C)C(C)(C)/C=C(\C#N)C(=O)Nc1cccc(Nc2ncc(F)c(Nc3ccccc3)n2)c1. The Morgan fingerprint density at radius 2 is 1.74 bits per heavy atom. The molecule has 1 amide bonds. The molecule has 3 rings (SSSR count). The second-order valence-corrected chi connectivity index (χ2v) is 8.26. The highest BCUT2D eigenvalue weighted by molar-refractivity contribution is 6.06. The lowest BCUT2D eigenvalue weighted by molar-refractivity contribution is -0.112. The highest BCUT2D eigenvalue weighted by Gasteiger charge is 2.21. The van der Waals surface area contributed by atoms with Crippen molar-refractivity contribution in [3.8, 4) is 6.07 Å². The van der Waals surface area contributed by atoms with E-state index in [-0.39, 0.29) is 17.3 Å². The van der Waals surface area contributed by atoms with E-state index in [1.165, 1.54) is 0 Å². The maximum absolute atomic E-state index is 14.2. The molecular formula is C25H26FN7O. The number of anilines is 5. The molecule has 0 unspecified atom stereocenters. The molecule has 0 spiro atoms. The first-order chi connectivity index (χ1) is 16.2. The van der Waals surface area contributed by atoms with E-state index in [1.54, 1.807) is 42.5 Å². The minimum absolute atomic E-state index is 0.00978. The monoisotopic (exact) mass is 459 g/mol. The van der Waals surface area contributed by atoms with E-state index in [9.17, 15) is 14.4 Å². The molecule has 2 aromatic carbocycles. The summed E-state index contributed by atoms with van der Waals surface area (Å²) in [5.74, 6) is -0.900. The number of hydrogen-bond acceptors (Lipinski definition) is 7. The van der Waals surface area contributed by atoms with Crippen LogP contribution in [0.1, 0.15) is 13.8 Å². The maximum Gasteiger partial charge on any atom is 0.266 e. The van der Waals surface area contributed by atoms with Crippen molar-refractivity contribution < 1.29 is 9.18 Å². The van der Waals surface area contributed by atoms with E-state index in [0.717, 1.165) is 6.20 Å². The molecule has 0 aliphatic heterocycles. The third-order valence-electron chi connectivity index (χ3n) is 5.17. The van der Waals surface area contributed by atoms with Crippen LogP contribution in [0.4, 0.5) is 33.2 Å². The van der Waals surface area contributed by atoms with Crippen molar-refractivity contribution in [2.24, 2.45) is 0 Å². The molecule has 1 aromatic heterocycles. The molecule has 0 aliphatic carbocycles. The first-order valence-corrected chi connectivity index (χ1v) is 10.5. The fourth-order valence-corrected chi connectivity index (χ4v) is 2.81. The molecule has 1 heterocycles. The summed E-state index contributed by atoms with van der Waals surface area (Å²) in [5.41, 5.74) is 1.27. The smallest absolute Gasteiger partial charge is 0.266 e. The Bertz CT molecular complexity index is 1230. The zero-order valence-electron chi connectivity index (χ0n) is 19.4. The quantitative estimate of drug-likeness (QED) is 0.327. The van der Waals surface area contributed by atoms with Crippen LogP contribution in [0, 0.1) is 17.1 Å². The van der Waals surface area contributed by atoms with Gasteiger partial charge in [-0.05, 0) is 64.4 Å². The number of rotatable bonds is 8. The number of carbonyl (C=O) groups excluding carboxylic acids is 1. The normalized spacial score (nSPS) is 11.6. The largest absolute Gasteiger partial charge is 0.338 e. The van der Waals surface area contributed by atoms with Crippen molar-refractivity contribution in [2.45, 2.75) is 19.4 Å². The van der Waals surface area contributed by atoms with Gasteiger partial charge in [0, 0.05) is 22.6 Å². The van der Waals surface area contributed by atoms with Gasteiger partial charge in [0.2, 0.25) is 5.95 Å². The standard InChI is InChI=1S/C25H26FN7O/c1-25(2,33(3)4)14-17(15-27)23(34)30-19-11-8-12-20(13-19)31-24-28-16-21(26)22(32-24)29-18-9-6-5-7-10-18/h5-14,16H,1-4H3,(H,30,34)(H2,28,29,31,32)/b17-14+. The number of likely N-dealkylation sites (N-methyl/N-ethyl adjacent to an activating group) is 1. The molecule has 0 saturated heterocycles. The number of benzene rings is 2. The van der Waals surface area contributed by atoms with Gasteiger partial charge in [0.05, 0.1) is 6.20 Å². The number of nitrogens with zero attached hydrogens (tertiary/aromatic N) is 4. The Hall–Kier alpha value is -4.29. The predicted molar refractivity (Wildman–Crippen MR) is 132 cm³/mol. The zero-order valence-corrected chi connectivity index (χ0v) is 19.4. The summed E-state index contributed by atoms with van der Waals surface area (Å²) in [6.07, 6.45) is 2.70. The average Bonchev–Trinajstić information content (AvgIpc) is 2.80. The molecule has 174 valence electrons. The van der Waals surface area contributed by atoms with Crippen LogP contribution in [0.2, 0.25) is 0 Å². The summed E-state index contributed by atoms with van der Waals surface area (Å²) >= 11 is 0. The maximum atomic E-state index is 14.2. The van der Waals surface area contributed by atoms with Crippen LogP contribution in [-0.4, -0.2) is 40.4 Å². The molecule has 8 nitrogen and oxygen atoms in total. The Balaban J connectivity index is 1.75. The fraction of sp³-hybridized carbons (Fsp3) is 0.200. The van der Waals surface area contributed by atoms with Gasteiger partial charge in [0.15, 0.2) is 11.6 Å². The number of nitrogens with one attached hydrogen (secondary N) is 3. The summed E-state index contributed by atoms with van der Waals surface area (Å²) in [4.78, 5) is 22.7. The molecule has 0 saturated carbocycles. The van der Waals surface area contributed by atoms with E-state index in [1.807, 2.05) is 57.1 Å². The Morgan fingerprint density at radius 3 is 2.41 bits per heavy atom. The second kappa shape index (κ2) is 10.6. The van der Waals surface area contributed by atoms with Crippen molar-refractivity contribution in [1.29, 1.82) is 5.26 Å². The lowest BCUT2D eigenvalue weighted by atomic mass is 10.00. The first kappa shape index (κ1) is 24.4. The topological polar surface area (TPSA) is 106 Å². The van der Waals surface area contributed by atoms with Gasteiger partial charge in [0.1, 0.15) is 11.6 Å². The fourth-order valence-electron chi connectivity index (χ4n) is 2.81. The highest BCUT2D eigenvalue weighted by atomic mass is 19.1. The van der Waals surface area contributed by atoms with Gasteiger partial charge in [-0.1, -0.05) is 24.3 Å². The molecular weight excluding hydrogens is 433 g/mol. The van der Waals surface area contributed by atoms with E-state index in [4.69, 9.17) is 0 Å². The van der Waals surface area contributed by atoms with Gasteiger partial charge >= 0.3 is 0 Å². The number of amides is 1. The van der Waals surface area contributed by atoms with E-state index < -0.39 is 17.3 Å². The number of para-hydroxylation sites is 1. The van der Waals surface area contributed by atoms with Crippen LogP contribution in [0.25, 0.3) is 0 Å². The second-order valence-electron chi connectivity index (χ2n) is 8.26. The van der Waals surface area contributed by atoms with Gasteiger partial charge in [0.25, 0.3) is 5.91 Å². The van der Waals surface area contributed by atoms with Gasteiger partial charge in [-0.15, -0.1) is 0 Å². The molecule has 0 fully saturated rings. The highest BCUT2D eigenvalue weighted by Crippen LogP contribution is 2.22. The number of hydrogen-bond donors (Lipinski definition) is 3. The number of carbonyl (C=O) groups is 1. The van der Waals surface area contributed by atoms with E-state index in [2.05, 4.69) is 25.9 Å². The molecule has 3 aromatic rings. The van der Waals surface area contributed by atoms with Gasteiger partial charge < -0.3 is 20.9 Å². The van der Waals surface area contributed by atoms with Crippen molar-refractivity contribution in [3.63, 3.8) is 0 Å². The van der Waals surface area contributed by atoms with Crippen LogP contribution >= 0.6 is 0 Å². The molecule has 0 atom stereocenters. The molecule has 0 bridgehead atoms. The minimum atomic E-state index is -0.591. The van der Waals surface area contributed by atoms with Gasteiger partial charge in [-0.3, -0.25) is 4.79 Å². The third kappa shape index (κ3) is 6.37. The molecule has 0 radical (unpaired) electrons. The number of nitriles is 1. The van der Waals surface area contributed by atoms with Crippen LogP contribution in [-0.2, 0) is 4.79 Å². The Labute approximate surface area is 198 Å². The van der Waals surface area contributed by atoms with E-state index in [0.29, 0.717) is 17.1 Å². The Kier molecular flexibility index (Phi) is 7.56. The van der Waals surface area contributed by atoms with Crippen LogP contribution < -0.4 is 16.0 Å². The summed E-state index contributed by atoms with van der Waals surface area (Å²) < 4.78 is 14.2. The molecule has 0 aliphatic rings. The van der Waals surface area contributed by atoms with Crippen LogP contribution in [0.15, 0.2) is 72.4 Å². The summed E-state index contributed by atoms with van der Waals surface area (Å²) in [6, 6.07) is 17.9. The van der Waals surface area contributed by atoms with E-state index >= 15 is 0 Å². The predicted octanol–water partition coefficient (Wildman–Crippen LogP) is 4.83. The van der Waals surface area contributed by atoms with Gasteiger partial charge in [-0.25, -0.2) is 9.37 Å². The van der Waals surface area contributed by atoms with Crippen molar-refractivity contribution in [1.82, 2.24) is 14.9 Å². The third-order valence-corrected chi connectivity index (χ3v) is 5.17. The Morgan fingerprint density at radius 1 is 1.06 bits per heavy atom. The lowest BCUT2D eigenvalue weighted by Crippen LogP contribution is -2.37. The van der Waals surface area contributed by atoms with Crippen molar-refractivity contribution in [2.75, 3.05) is 30.0 Å². The molecule has 9 heteroatoms. The summed E-state index contributed by atoms with van der Waals surface area (Å²) in [7, 11) is 3.74. The first-order valence-electron chi connectivity index (χ1n) is 10.5. The average molecular weight is 460 g/mol. The molecule has 34 heavy (non-hydrogen) atoms. The van der Waals surface area contributed by atoms with Gasteiger partial charge in [-0.2, -0.15) is 10.2 Å². The summed E-state index contributed by atoms with van der Waals surface area (Å²) in [6.45, 7) is 3.82. The molecule has 3 N–H and O–H groups in total. The summed E-state index contributed by atoms with van der Waals surface area (Å²) in [5, 5.41) is 18.1. The van der Waals surface area contributed by atoms with Crippen LogP contribution in [0.3, 0.4) is 0 Å². The van der Waals surface area contributed by atoms with Crippen LogP contribution in [0.5, 0.6) is 0 Å². The number of aromatic nitrogens is 2. The van der Waals surface area contributed by atoms with Crippen molar-refractivity contribution in [3.05, 3.63) is 78.3 Å². The van der Waals surface area contributed by atoms with Crippen molar-refractivity contribution >= 4 is 34.7 Å². The zero-order chi connectivity index (χ0) is 24.7.